The number of aliphatic hydroxyl groups is 1. The second kappa shape index (κ2) is 5.05. The van der Waals surface area contributed by atoms with Crippen LogP contribution in [0.1, 0.15) is 31.3 Å². The summed E-state index contributed by atoms with van der Waals surface area (Å²) in [6.07, 6.45) is 0.677. The molecule has 112 valence electrons. The second-order valence-corrected chi connectivity index (χ2v) is 5.81. The minimum Gasteiger partial charge on any atom is -0.396 e. The van der Waals surface area contributed by atoms with Crippen molar-refractivity contribution in [2.45, 2.75) is 25.4 Å². The van der Waals surface area contributed by atoms with E-state index in [0.717, 1.165) is 0 Å². The maximum Gasteiger partial charge on any atom is 0.263 e. The first-order valence-electron chi connectivity index (χ1n) is 6.72. The normalized spacial score (nSPS) is 22.5. The summed E-state index contributed by atoms with van der Waals surface area (Å²) in [7, 11) is 0. The Kier molecular flexibility index (Phi) is 3.47. The molecule has 3 N–H and O–H groups in total. The molecule has 0 bridgehead atoms. The maximum atomic E-state index is 13.6. The van der Waals surface area contributed by atoms with Gasteiger partial charge in [-0.3, -0.25) is 9.36 Å². The Hall–Kier alpha value is -1.50. The van der Waals surface area contributed by atoms with E-state index in [1.807, 2.05) is 0 Å². The molecule has 1 aliphatic rings. The van der Waals surface area contributed by atoms with Crippen LogP contribution in [0, 0.1) is 11.7 Å². The number of nitrogens with zero attached hydrogens (tertiary/aromatic N) is 2. The molecule has 1 aliphatic carbocycles. The highest BCUT2D eigenvalue weighted by atomic mass is 35.5. The average Bonchev–Trinajstić information content (AvgIpc) is 3.21. The van der Waals surface area contributed by atoms with Gasteiger partial charge in [0.2, 0.25) is 0 Å². The van der Waals surface area contributed by atoms with Crippen LogP contribution in [-0.4, -0.2) is 21.3 Å². The molecular weight excluding hydrogens is 297 g/mol. The summed E-state index contributed by atoms with van der Waals surface area (Å²) >= 11 is 5.92. The number of benzene rings is 1. The van der Waals surface area contributed by atoms with E-state index in [1.165, 1.54) is 16.7 Å². The molecule has 5 nitrogen and oxygen atoms in total. The highest BCUT2D eigenvalue weighted by Crippen LogP contribution is 2.43. The Morgan fingerprint density at radius 2 is 2.33 bits per heavy atom. The lowest BCUT2D eigenvalue weighted by molar-refractivity contribution is 0.267. The summed E-state index contributed by atoms with van der Waals surface area (Å²) in [6, 6.07) is 2.00. The lowest BCUT2D eigenvalue weighted by Gasteiger charge is -2.16. The highest BCUT2D eigenvalue weighted by Gasteiger charge is 2.41. The van der Waals surface area contributed by atoms with Gasteiger partial charge in [0.05, 0.1) is 22.0 Å². The minimum absolute atomic E-state index is 0.00628. The third-order valence-corrected chi connectivity index (χ3v) is 4.22. The molecule has 0 spiro atoms. The lowest BCUT2D eigenvalue weighted by atomic mass is 10.2. The van der Waals surface area contributed by atoms with E-state index in [-0.39, 0.29) is 29.0 Å². The Morgan fingerprint density at radius 1 is 1.62 bits per heavy atom. The van der Waals surface area contributed by atoms with Gasteiger partial charge in [-0.05, 0) is 25.5 Å². The zero-order valence-electron chi connectivity index (χ0n) is 11.4. The molecule has 7 heteroatoms. The van der Waals surface area contributed by atoms with Crippen LogP contribution < -0.4 is 11.3 Å². The first kappa shape index (κ1) is 14.4. The fraction of sp³-hybridized carbons (Fsp3) is 0.429. The van der Waals surface area contributed by atoms with E-state index in [1.54, 1.807) is 6.92 Å². The SMILES string of the molecule is CC(N)c1nc2ccc(F)c(Cl)c2c(=O)n1C1CC1CO. The van der Waals surface area contributed by atoms with Crippen LogP contribution in [0.4, 0.5) is 4.39 Å². The van der Waals surface area contributed by atoms with E-state index < -0.39 is 17.4 Å². The van der Waals surface area contributed by atoms with Crippen molar-refractivity contribution in [2.24, 2.45) is 11.7 Å². The molecule has 1 aromatic carbocycles. The topological polar surface area (TPSA) is 81.1 Å². The molecule has 3 atom stereocenters. The van der Waals surface area contributed by atoms with Gasteiger partial charge in [-0.15, -0.1) is 0 Å². The summed E-state index contributed by atoms with van der Waals surface area (Å²) in [5, 5.41) is 9.05. The predicted octanol–water partition coefficient (Wildman–Crippen LogP) is 1.76. The molecule has 1 aromatic heterocycles. The lowest BCUT2D eigenvalue weighted by Crippen LogP contribution is -2.29. The smallest absolute Gasteiger partial charge is 0.263 e. The summed E-state index contributed by atoms with van der Waals surface area (Å²) in [6.45, 7) is 1.72. The molecule has 0 aliphatic heterocycles. The average molecular weight is 312 g/mol. The molecule has 2 aromatic rings. The van der Waals surface area contributed by atoms with Gasteiger partial charge in [0.25, 0.3) is 5.56 Å². The maximum absolute atomic E-state index is 13.6. The van der Waals surface area contributed by atoms with Crippen LogP contribution >= 0.6 is 11.6 Å². The molecule has 1 saturated carbocycles. The Labute approximate surface area is 125 Å². The number of fused-ring (bicyclic) bond motifs is 1. The number of hydrogen-bond acceptors (Lipinski definition) is 4. The molecule has 1 heterocycles. The van der Waals surface area contributed by atoms with E-state index in [9.17, 15) is 14.3 Å². The zero-order chi connectivity index (χ0) is 15.3. The standard InChI is InChI=1S/C14H15ClFN3O2/c1-6(17)13-18-9-3-2-8(16)12(15)11(9)14(21)19(13)10-4-7(10)5-20/h2-3,6-7,10,20H,4-5,17H2,1H3. The Bertz CT molecular complexity index is 775. The Morgan fingerprint density at radius 3 is 2.90 bits per heavy atom. The van der Waals surface area contributed by atoms with Gasteiger partial charge in [-0.1, -0.05) is 11.6 Å². The van der Waals surface area contributed by atoms with Gasteiger partial charge in [0, 0.05) is 18.6 Å². The van der Waals surface area contributed by atoms with Crippen LogP contribution in [0.2, 0.25) is 5.02 Å². The summed E-state index contributed by atoms with van der Waals surface area (Å²) in [5.74, 6) is -0.222. The number of rotatable bonds is 3. The largest absolute Gasteiger partial charge is 0.396 e. The van der Waals surface area contributed by atoms with Crippen molar-refractivity contribution in [3.8, 4) is 0 Å². The monoisotopic (exact) mass is 311 g/mol. The van der Waals surface area contributed by atoms with E-state index in [2.05, 4.69) is 4.98 Å². The van der Waals surface area contributed by atoms with Crippen LogP contribution in [-0.2, 0) is 0 Å². The van der Waals surface area contributed by atoms with Gasteiger partial charge in [0.1, 0.15) is 11.6 Å². The molecule has 3 unspecified atom stereocenters. The van der Waals surface area contributed by atoms with Gasteiger partial charge in [0.15, 0.2) is 0 Å². The summed E-state index contributed by atoms with van der Waals surface area (Å²) < 4.78 is 15.1. The summed E-state index contributed by atoms with van der Waals surface area (Å²) in [5.41, 5.74) is 5.83. The quantitative estimate of drug-likeness (QED) is 0.905. The van der Waals surface area contributed by atoms with Crippen molar-refractivity contribution in [1.29, 1.82) is 0 Å². The number of halogens is 2. The first-order valence-corrected chi connectivity index (χ1v) is 7.10. The highest BCUT2D eigenvalue weighted by molar-refractivity contribution is 6.35. The van der Waals surface area contributed by atoms with Crippen molar-refractivity contribution in [2.75, 3.05) is 6.61 Å². The zero-order valence-corrected chi connectivity index (χ0v) is 12.1. The molecule has 3 rings (SSSR count). The number of aromatic nitrogens is 2. The molecule has 1 fully saturated rings. The summed E-state index contributed by atoms with van der Waals surface area (Å²) in [4.78, 5) is 17.1. The van der Waals surface area contributed by atoms with Crippen LogP contribution in [0.5, 0.6) is 0 Å². The van der Waals surface area contributed by atoms with E-state index in [4.69, 9.17) is 17.3 Å². The fourth-order valence-corrected chi connectivity index (χ4v) is 2.87. The molecular formula is C14H15ClFN3O2. The van der Waals surface area contributed by atoms with Crippen LogP contribution in [0.25, 0.3) is 10.9 Å². The van der Waals surface area contributed by atoms with Gasteiger partial charge in [-0.2, -0.15) is 0 Å². The number of nitrogens with two attached hydrogens (primary N) is 1. The fourth-order valence-electron chi connectivity index (χ4n) is 2.62. The third-order valence-electron chi connectivity index (χ3n) is 3.85. The molecule has 0 radical (unpaired) electrons. The van der Waals surface area contributed by atoms with Crippen LogP contribution in [0.3, 0.4) is 0 Å². The molecule has 0 saturated heterocycles. The van der Waals surface area contributed by atoms with Gasteiger partial charge >= 0.3 is 0 Å². The predicted molar refractivity (Wildman–Crippen MR) is 77.8 cm³/mol. The number of hydrogen-bond donors (Lipinski definition) is 2. The molecule has 21 heavy (non-hydrogen) atoms. The van der Waals surface area contributed by atoms with Gasteiger partial charge < -0.3 is 10.8 Å². The van der Waals surface area contributed by atoms with Crippen molar-refractivity contribution < 1.29 is 9.50 Å². The van der Waals surface area contributed by atoms with E-state index in [0.29, 0.717) is 17.8 Å². The number of aliphatic hydroxyl groups excluding tert-OH is 1. The second-order valence-electron chi connectivity index (χ2n) is 5.44. The van der Waals surface area contributed by atoms with Crippen molar-refractivity contribution in [3.05, 3.63) is 39.2 Å². The third kappa shape index (κ3) is 2.23. The van der Waals surface area contributed by atoms with Gasteiger partial charge in [-0.25, -0.2) is 9.37 Å². The minimum atomic E-state index is -0.655. The Balaban J connectivity index is 2.33. The van der Waals surface area contributed by atoms with Crippen LogP contribution in [0.15, 0.2) is 16.9 Å². The van der Waals surface area contributed by atoms with Crippen molar-refractivity contribution >= 4 is 22.5 Å². The van der Waals surface area contributed by atoms with Crippen molar-refractivity contribution in [3.63, 3.8) is 0 Å². The molecule has 0 amide bonds. The first-order chi connectivity index (χ1) is 9.95. The van der Waals surface area contributed by atoms with E-state index >= 15 is 0 Å². The van der Waals surface area contributed by atoms with Crippen molar-refractivity contribution in [1.82, 2.24) is 9.55 Å².